The van der Waals surface area contributed by atoms with Crippen molar-refractivity contribution in [2.24, 2.45) is 0 Å². The van der Waals surface area contributed by atoms with Gasteiger partial charge in [-0.3, -0.25) is 0 Å². The van der Waals surface area contributed by atoms with Crippen LogP contribution in [0.3, 0.4) is 0 Å². The van der Waals surface area contributed by atoms with E-state index in [9.17, 15) is 8.78 Å². The molecule has 0 aliphatic rings. The van der Waals surface area contributed by atoms with Crippen molar-refractivity contribution in [3.05, 3.63) is 28.5 Å². The number of halogens is 3. The number of nitrogens with zero attached hydrogens (tertiary/aromatic N) is 1. The lowest BCUT2D eigenvalue weighted by molar-refractivity contribution is 0.555. The number of pyridine rings is 1. The van der Waals surface area contributed by atoms with Crippen molar-refractivity contribution in [2.75, 3.05) is 0 Å². The number of rotatable bonds is 0. The van der Waals surface area contributed by atoms with Gasteiger partial charge in [0.2, 0.25) is 5.95 Å². The molecule has 1 aromatic heterocycles. The van der Waals surface area contributed by atoms with E-state index in [2.05, 4.69) is 20.9 Å². The van der Waals surface area contributed by atoms with Crippen molar-refractivity contribution in [3.8, 4) is 0 Å². The monoisotopic (exact) mass is 193 g/mol. The van der Waals surface area contributed by atoms with E-state index in [0.717, 1.165) is 12.3 Å². The maximum absolute atomic E-state index is 12.2. The van der Waals surface area contributed by atoms with Crippen LogP contribution < -0.4 is 0 Å². The highest BCUT2D eigenvalue weighted by atomic mass is 79.9. The van der Waals surface area contributed by atoms with Gasteiger partial charge in [-0.15, -0.1) is 0 Å². The lowest BCUT2D eigenvalue weighted by Gasteiger charge is -1.89. The van der Waals surface area contributed by atoms with Gasteiger partial charge >= 0.3 is 0 Å². The minimum Gasteiger partial charge on any atom is -0.225 e. The molecular formula is C5H2BrF2N. The topological polar surface area (TPSA) is 12.9 Å². The minimum atomic E-state index is -0.691. The Morgan fingerprint density at radius 1 is 1.44 bits per heavy atom. The van der Waals surface area contributed by atoms with Crippen LogP contribution in [0.4, 0.5) is 8.78 Å². The van der Waals surface area contributed by atoms with E-state index < -0.39 is 11.8 Å². The lowest BCUT2D eigenvalue weighted by Crippen LogP contribution is -1.84. The van der Waals surface area contributed by atoms with E-state index in [1.54, 1.807) is 0 Å². The number of hydrogen-bond donors (Lipinski definition) is 0. The standard InChI is InChI=1S/C5H2BrF2N/c6-3-1-5(8)9-2-4(3)7/h1-2H. The molecule has 1 rings (SSSR count). The molecule has 0 fully saturated rings. The average molecular weight is 194 g/mol. The molecule has 0 aliphatic carbocycles. The Bertz CT molecular complexity index is 226. The van der Waals surface area contributed by atoms with Crippen LogP contribution >= 0.6 is 15.9 Å². The first-order valence-corrected chi connectivity index (χ1v) is 2.96. The third kappa shape index (κ3) is 1.45. The maximum atomic E-state index is 12.2. The smallest absolute Gasteiger partial charge is 0.214 e. The Morgan fingerprint density at radius 3 is 2.56 bits per heavy atom. The van der Waals surface area contributed by atoms with Crippen LogP contribution in [-0.4, -0.2) is 4.98 Å². The number of hydrogen-bond acceptors (Lipinski definition) is 1. The molecule has 0 radical (unpaired) electrons. The first-order valence-electron chi connectivity index (χ1n) is 2.16. The quantitative estimate of drug-likeness (QED) is 0.576. The summed E-state index contributed by atoms with van der Waals surface area (Å²) in [6.45, 7) is 0. The van der Waals surface area contributed by atoms with Gasteiger partial charge in [-0.1, -0.05) is 0 Å². The molecule has 0 aliphatic heterocycles. The fourth-order valence-corrected chi connectivity index (χ4v) is 0.682. The molecule has 0 saturated heterocycles. The van der Waals surface area contributed by atoms with E-state index in [-0.39, 0.29) is 4.47 Å². The fraction of sp³-hybridized carbons (Fsp3) is 0. The van der Waals surface area contributed by atoms with E-state index in [0.29, 0.717) is 0 Å². The van der Waals surface area contributed by atoms with Crippen LogP contribution in [0.15, 0.2) is 16.7 Å². The van der Waals surface area contributed by atoms with Gasteiger partial charge in [0, 0.05) is 6.07 Å². The van der Waals surface area contributed by atoms with Crippen LogP contribution in [0.1, 0.15) is 0 Å². The Morgan fingerprint density at radius 2 is 2.11 bits per heavy atom. The summed E-state index contributed by atoms with van der Waals surface area (Å²) >= 11 is 2.79. The van der Waals surface area contributed by atoms with Crippen molar-refractivity contribution >= 4 is 15.9 Å². The van der Waals surface area contributed by atoms with Crippen LogP contribution in [0.25, 0.3) is 0 Å². The van der Waals surface area contributed by atoms with Crippen molar-refractivity contribution in [2.45, 2.75) is 0 Å². The molecule has 9 heavy (non-hydrogen) atoms. The van der Waals surface area contributed by atoms with E-state index >= 15 is 0 Å². The van der Waals surface area contributed by atoms with Crippen LogP contribution in [0, 0.1) is 11.8 Å². The van der Waals surface area contributed by atoms with E-state index in [1.165, 1.54) is 0 Å². The Balaban J connectivity index is 3.17. The molecule has 0 aromatic carbocycles. The molecule has 0 unspecified atom stereocenters. The van der Waals surface area contributed by atoms with Gasteiger partial charge in [0.25, 0.3) is 0 Å². The zero-order valence-electron chi connectivity index (χ0n) is 4.24. The first kappa shape index (κ1) is 6.61. The molecule has 0 bridgehead atoms. The van der Waals surface area contributed by atoms with Gasteiger partial charge in [-0.05, 0) is 15.9 Å². The van der Waals surface area contributed by atoms with Gasteiger partial charge in [0.15, 0.2) is 5.82 Å². The summed E-state index contributed by atoms with van der Waals surface area (Å²) in [5.74, 6) is -1.25. The molecule has 0 spiro atoms. The third-order valence-corrected chi connectivity index (χ3v) is 1.38. The third-order valence-electron chi connectivity index (χ3n) is 0.775. The lowest BCUT2D eigenvalue weighted by atomic mass is 10.5. The van der Waals surface area contributed by atoms with Gasteiger partial charge in [0.05, 0.1) is 10.7 Å². The van der Waals surface area contributed by atoms with Crippen molar-refractivity contribution in [3.63, 3.8) is 0 Å². The van der Waals surface area contributed by atoms with Gasteiger partial charge < -0.3 is 0 Å². The van der Waals surface area contributed by atoms with Crippen LogP contribution in [0.2, 0.25) is 0 Å². The summed E-state index contributed by atoms with van der Waals surface area (Å²) in [5.41, 5.74) is 0. The van der Waals surface area contributed by atoms with Gasteiger partial charge in [0.1, 0.15) is 0 Å². The molecule has 0 saturated carbocycles. The molecular weight excluding hydrogens is 192 g/mol. The molecule has 4 heteroatoms. The highest BCUT2D eigenvalue weighted by molar-refractivity contribution is 9.10. The van der Waals surface area contributed by atoms with Crippen LogP contribution in [-0.2, 0) is 0 Å². The minimum absolute atomic E-state index is 0.0926. The Kier molecular flexibility index (Phi) is 1.75. The molecule has 1 heterocycles. The fourth-order valence-electron chi connectivity index (χ4n) is 0.391. The molecule has 1 aromatic rings. The largest absolute Gasteiger partial charge is 0.225 e. The summed E-state index contributed by atoms with van der Waals surface area (Å²) in [7, 11) is 0. The number of aromatic nitrogens is 1. The second-order valence-electron chi connectivity index (χ2n) is 1.42. The molecule has 1 nitrogen and oxygen atoms in total. The normalized spacial score (nSPS) is 9.67. The second kappa shape index (κ2) is 2.39. The maximum Gasteiger partial charge on any atom is 0.214 e. The molecule has 0 N–H and O–H groups in total. The highest BCUT2D eigenvalue weighted by Crippen LogP contribution is 2.13. The zero-order valence-corrected chi connectivity index (χ0v) is 5.82. The van der Waals surface area contributed by atoms with E-state index in [1.807, 2.05) is 0 Å². The second-order valence-corrected chi connectivity index (χ2v) is 2.28. The molecule has 0 amide bonds. The van der Waals surface area contributed by atoms with E-state index in [4.69, 9.17) is 0 Å². The first-order chi connectivity index (χ1) is 4.20. The van der Waals surface area contributed by atoms with Gasteiger partial charge in [-0.2, -0.15) is 4.39 Å². The predicted molar refractivity (Wildman–Crippen MR) is 31.9 cm³/mol. The van der Waals surface area contributed by atoms with Gasteiger partial charge in [-0.25, -0.2) is 9.37 Å². The SMILES string of the molecule is Fc1cc(Br)c(F)cn1. The Hall–Kier alpha value is -0.510. The zero-order chi connectivity index (χ0) is 6.85. The highest BCUT2D eigenvalue weighted by Gasteiger charge is 1.98. The average Bonchev–Trinajstić information content (AvgIpc) is 1.80. The molecule has 0 atom stereocenters. The summed E-state index contributed by atoms with van der Waals surface area (Å²) in [6, 6.07) is 0.968. The van der Waals surface area contributed by atoms with Crippen LogP contribution in [0.5, 0.6) is 0 Å². The Labute approximate surface area is 58.8 Å². The van der Waals surface area contributed by atoms with Crippen molar-refractivity contribution in [1.82, 2.24) is 4.98 Å². The predicted octanol–water partition coefficient (Wildman–Crippen LogP) is 2.12. The van der Waals surface area contributed by atoms with Crippen molar-refractivity contribution < 1.29 is 8.78 Å². The summed E-state index contributed by atoms with van der Waals surface area (Å²) in [4.78, 5) is 3.07. The molecule has 48 valence electrons. The summed E-state index contributed by atoms with van der Waals surface area (Å²) < 4.78 is 24.4. The summed E-state index contributed by atoms with van der Waals surface area (Å²) in [5, 5.41) is 0. The van der Waals surface area contributed by atoms with Crippen molar-refractivity contribution in [1.29, 1.82) is 0 Å². The summed E-state index contributed by atoms with van der Waals surface area (Å²) in [6.07, 6.45) is 0.819.